The second-order valence-corrected chi connectivity index (χ2v) is 6.43. The molecule has 1 aromatic carbocycles. The normalized spacial score (nSPS) is 11.4. The number of nitro benzene ring substituents is 1. The smallest absolute Gasteiger partial charge is 0.313 e. The Kier molecular flexibility index (Phi) is 5.43. The molecular formula is C11H12Br2ClNO3. The van der Waals surface area contributed by atoms with Crippen molar-refractivity contribution in [2.45, 2.75) is 13.8 Å². The van der Waals surface area contributed by atoms with E-state index in [1.54, 1.807) is 6.07 Å². The fourth-order valence-corrected chi connectivity index (χ4v) is 2.20. The van der Waals surface area contributed by atoms with Crippen LogP contribution in [0.15, 0.2) is 16.6 Å². The third-order valence-corrected chi connectivity index (χ3v) is 4.48. The van der Waals surface area contributed by atoms with Gasteiger partial charge in [-0.05, 0) is 22.0 Å². The van der Waals surface area contributed by atoms with E-state index in [0.29, 0.717) is 16.1 Å². The predicted octanol–water partition coefficient (Wildman–Crippen LogP) is 4.81. The quantitative estimate of drug-likeness (QED) is 0.404. The zero-order valence-electron chi connectivity index (χ0n) is 9.87. The van der Waals surface area contributed by atoms with E-state index in [0.717, 1.165) is 5.33 Å². The minimum atomic E-state index is -0.507. The third-order valence-electron chi connectivity index (χ3n) is 2.15. The van der Waals surface area contributed by atoms with Crippen LogP contribution >= 0.6 is 43.5 Å². The van der Waals surface area contributed by atoms with Gasteiger partial charge in [0.25, 0.3) is 0 Å². The molecule has 18 heavy (non-hydrogen) atoms. The van der Waals surface area contributed by atoms with Gasteiger partial charge >= 0.3 is 5.69 Å². The lowest BCUT2D eigenvalue weighted by Gasteiger charge is -2.22. The molecule has 0 fully saturated rings. The van der Waals surface area contributed by atoms with Crippen molar-refractivity contribution < 1.29 is 9.66 Å². The Morgan fingerprint density at radius 2 is 2.11 bits per heavy atom. The summed E-state index contributed by atoms with van der Waals surface area (Å²) in [5, 5.41) is 12.0. The first kappa shape index (κ1) is 15.7. The molecule has 0 bridgehead atoms. The molecule has 1 rings (SSSR count). The van der Waals surface area contributed by atoms with Crippen LogP contribution in [-0.2, 0) is 0 Å². The summed E-state index contributed by atoms with van der Waals surface area (Å²) in [7, 11) is 0. The van der Waals surface area contributed by atoms with Crippen molar-refractivity contribution in [1.29, 1.82) is 0 Å². The lowest BCUT2D eigenvalue weighted by molar-refractivity contribution is -0.386. The van der Waals surface area contributed by atoms with Crippen molar-refractivity contribution in [2.75, 3.05) is 11.9 Å². The number of benzene rings is 1. The Bertz CT molecular complexity index is 466. The molecule has 100 valence electrons. The molecular weight excluding hydrogens is 389 g/mol. The maximum Gasteiger partial charge on any atom is 0.313 e. The molecule has 0 radical (unpaired) electrons. The average molecular weight is 401 g/mol. The molecule has 0 spiro atoms. The van der Waals surface area contributed by atoms with Crippen molar-refractivity contribution in [2.24, 2.45) is 5.41 Å². The Morgan fingerprint density at radius 1 is 1.50 bits per heavy atom. The van der Waals surface area contributed by atoms with E-state index >= 15 is 0 Å². The Morgan fingerprint density at radius 3 is 2.61 bits per heavy atom. The van der Waals surface area contributed by atoms with Crippen molar-refractivity contribution in [3.8, 4) is 5.75 Å². The number of nitro groups is 1. The molecule has 4 nitrogen and oxygen atoms in total. The lowest BCUT2D eigenvalue weighted by Crippen LogP contribution is -2.23. The van der Waals surface area contributed by atoms with Crippen LogP contribution < -0.4 is 4.74 Å². The number of hydrogen-bond acceptors (Lipinski definition) is 3. The van der Waals surface area contributed by atoms with Gasteiger partial charge in [0.15, 0.2) is 0 Å². The van der Waals surface area contributed by atoms with Gasteiger partial charge in [0.2, 0.25) is 5.75 Å². The molecule has 0 amide bonds. The first-order valence-corrected chi connectivity index (χ1v) is 7.38. The maximum atomic E-state index is 11.0. The van der Waals surface area contributed by atoms with E-state index in [4.69, 9.17) is 16.3 Å². The van der Waals surface area contributed by atoms with E-state index < -0.39 is 4.92 Å². The van der Waals surface area contributed by atoms with Crippen LogP contribution in [0.25, 0.3) is 0 Å². The average Bonchev–Trinajstić information content (AvgIpc) is 2.26. The predicted molar refractivity (Wildman–Crippen MR) is 78.9 cm³/mol. The summed E-state index contributed by atoms with van der Waals surface area (Å²) in [5.41, 5.74) is -0.257. The highest BCUT2D eigenvalue weighted by Gasteiger charge is 2.23. The van der Waals surface area contributed by atoms with E-state index in [2.05, 4.69) is 31.9 Å². The molecule has 0 saturated carbocycles. The molecule has 1 aromatic rings. The van der Waals surface area contributed by atoms with Crippen molar-refractivity contribution in [3.05, 3.63) is 31.7 Å². The molecule has 0 N–H and O–H groups in total. The molecule has 7 heteroatoms. The standard InChI is InChI=1S/C11H12Br2ClNO3/c1-11(2,5-12)6-18-10-8(13)3-7(14)4-9(10)15(16)17/h3-4H,5-6H2,1-2H3. The summed E-state index contributed by atoms with van der Waals surface area (Å²) in [6, 6.07) is 2.85. The van der Waals surface area contributed by atoms with Gasteiger partial charge in [-0.25, -0.2) is 0 Å². The maximum absolute atomic E-state index is 11.0. The van der Waals surface area contributed by atoms with Crippen LogP contribution in [0.1, 0.15) is 13.8 Å². The number of nitrogens with zero attached hydrogens (tertiary/aromatic N) is 1. The van der Waals surface area contributed by atoms with Crippen molar-refractivity contribution in [3.63, 3.8) is 0 Å². The summed E-state index contributed by atoms with van der Waals surface area (Å²) in [4.78, 5) is 10.5. The monoisotopic (exact) mass is 399 g/mol. The van der Waals surface area contributed by atoms with Crippen LogP contribution in [0, 0.1) is 15.5 Å². The number of halogens is 3. The van der Waals surface area contributed by atoms with Crippen molar-refractivity contribution in [1.82, 2.24) is 0 Å². The molecule has 0 aromatic heterocycles. The van der Waals surface area contributed by atoms with Gasteiger partial charge in [0.1, 0.15) is 0 Å². The molecule has 0 unspecified atom stereocenters. The number of ether oxygens (including phenoxy) is 1. The largest absolute Gasteiger partial charge is 0.485 e. The summed E-state index contributed by atoms with van der Waals surface area (Å²) in [6.45, 7) is 4.36. The van der Waals surface area contributed by atoms with Gasteiger partial charge in [-0.2, -0.15) is 0 Å². The van der Waals surface area contributed by atoms with Crippen LogP contribution in [0.2, 0.25) is 5.02 Å². The summed E-state index contributed by atoms with van der Waals surface area (Å²) >= 11 is 12.4. The highest BCUT2D eigenvalue weighted by atomic mass is 79.9. The van der Waals surface area contributed by atoms with Crippen LogP contribution in [-0.4, -0.2) is 16.9 Å². The van der Waals surface area contributed by atoms with Gasteiger partial charge in [-0.1, -0.05) is 41.4 Å². The topological polar surface area (TPSA) is 52.4 Å². The van der Waals surface area contributed by atoms with Gasteiger partial charge < -0.3 is 4.74 Å². The Hall–Kier alpha value is -0.330. The van der Waals surface area contributed by atoms with Crippen molar-refractivity contribution >= 4 is 49.1 Å². The summed E-state index contributed by atoms with van der Waals surface area (Å²) in [5.74, 6) is 0.207. The lowest BCUT2D eigenvalue weighted by atomic mass is 9.98. The molecule has 0 aliphatic heterocycles. The SMILES string of the molecule is CC(C)(CBr)COc1c(Br)cc(Cl)cc1[N+](=O)[O-]. The fourth-order valence-electron chi connectivity index (χ4n) is 1.13. The first-order chi connectivity index (χ1) is 8.26. The highest BCUT2D eigenvalue weighted by molar-refractivity contribution is 9.10. The van der Waals surface area contributed by atoms with Gasteiger partial charge in [0.05, 0.1) is 16.0 Å². The second-order valence-electron chi connectivity index (χ2n) is 4.58. The Labute approximate surface area is 127 Å². The van der Waals surface area contributed by atoms with Gasteiger partial charge in [-0.15, -0.1) is 0 Å². The molecule has 0 heterocycles. The highest BCUT2D eigenvalue weighted by Crippen LogP contribution is 2.38. The van der Waals surface area contributed by atoms with Crippen LogP contribution in [0.3, 0.4) is 0 Å². The van der Waals surface area contributed by atoms with Crippen LogP contribution in [0.5, 0.6) is 5.75 Å². The van der Waals surface area contributed by atoms with E-state index in [9.17, 15) is 10.1 Å². The molecule has 0 aliphatic carbocycles. The van der Waals surface area contributed by atoms with E-state index in [1.807, 2.05) is 13.8 Å². The summed E-state index contributed by atoms with van der Waals surface area (Å²) in [6.07, 6.45) is 0. The third kappa shape index (κ3) is 4.10. The minimum absolute atomic E-state index is 0.118. The van der Waals surface area contributed by atoms with Gasteiger partial charge in [0, 0.05) is 21.8 Å². The zero-order chi connectivity index (χ0) is 13.9. The zero-order valence-corrected chi connectivity index (χ0v) is 13.8. The molecule has 0 atom stereocenters. The van der Waals surface area contributed by atoms with Gasteiger partial charge in [-0.3, -0.25) is 10.1 Å². The van der Waals surface area contributed by atoms with E-state index in [-0.39, 0.29) is 16.9 Å². The molecule has 0 saturated heterocycles. The Balaban J connectivity index is 3.04. The second kappa shape index (κ2) is 6.21. The number of rotatable bonds is 5. The molecule has 0 aliphatic rings. The summed E-state index contributed by atoms with van der Waals surface area (Å²) < 4.78 is 6.04. The minimum Gasteiger partial charge on any atom is -0.485 e. The fraction of sp³-hybridized carbons (Fsp3) is 0.455. The number of alkyl halides is 1. The van der Waals surface area contributed by atoms with Crippen LogP contribution in [0.4, 0.5) is 5.69 Å². The number of hydrogen-bond donors (Lipinski definition) is 0. The van der Waals surface area contributed by atoms with E-state index in [1.165, 1.54) is 6.07 Å². The first-order valence-electron chi connectivity index (χ1n) is 5.09.